The van der Waals surface area contributed by atoms with Crippen molar-refractivity contribution in [2.75, 3.05) is 13.2 Å². The van der Waals surface area contributed by atoms with E-state index in [1.807, 2.05) is 6.92 Å². The van der Waals surface area contributed by atoms with E-state index in [9.17, 15) is 14.7 Å². The fourth-order valence-corrected chi connectivity index (χ4v) is 2.41. The van der Waals surface area contributed by atoms with Gasteiger partial charge in [0.25, 0.3) is 0 Å². The van der Waals surface area contributed by atoms with Gasteiger partial charge in [0.2, 0.25) is 0 Å². The van der Waals surface area contributed by atoms with Gasteiger partial charge in [-0.15, -0.1) is 0 Å². The number of hydrogen-bond donors (Lipinski definition) is 3. The van der Waals surface area contributed by atoms with Crippen molar-refractivity contribution in [2.45, 2.75) is 31.3 Å². The number of carbonyl (C=O) groups excluding carboxylic acids is 1. The molecule has 3 N–H and O–H groups in total. The van der Waals surface area contributed by atoms with Crippen molar-refractivity contribution >= 4 is 12.0 Å². The number of rotatable bonds is 4. The van der Waals surface area contributed by atoms with Crippen LogP contribution in [0.2, 0.25) is 0 Å². The SMILES string of the molecule is CC1(NC(=O)N[C@H](C(=O)O)c2ccccc2)CCCOC1. The predicted octanol–water partition coefficient (Wildman–Crippen LogP) is 1.68. The van der Waals surface area contributed by atoms with Crippen LogP contribution in [0.5, 0.6) is 0 Å². The fourth-order valence-electron chi connectivity index (χ4n) is 2.41. The van der Waals surface area contributed by atoms with Crippen molar-refractivity contribution in [3.63, 3.8) is 0 Å². The predicted molar refractivity (Wildman–Crippen MR) is 76.9 cm³/mol. The van der Waals surface area contributed by atoms with Crippen LogP contribution in [0.15, 0.2) is 30.3 Å². The van der Waals surface area contributed by atoms with Crippen LogP contribution >= 0.6 is 0 Å². The molecule has 6 heteroatoms. The zero-order valence-electron chi connectivity index (χ0n) is 12.0. The molecule has 2 rings (SSSR count). The van der Waals surface area contributed by atoms with Gasteiger partial charge in [0.05, 0.1) is 12.1 Å². The largest absolute Gasteiger partial charge is 0.479 e. The molecule has 114 valence electrons. The van der Waals surface area contributed by atoms with Crippen molar-refractivity contribution in [2.24, 2.45) is 0 Å². The van der Waals surface area contributed by atoms with Crippen LogP contribution in [0.4, 0.5) is 4.79 Å². The Morgan fingerprint density at radius 1 is 1.33 bits per heavy atom. The van der Waals surface area contributed by atoms with Crippen molar-refractivity contribution < 1.29 is 19.4 Å². The molecule has 1 aromatic carbocycles. The van der Waals surface area contributed by atoms with E-state index >= 15 is 0 Å². The lowest BCUT2D eigenvalue weighted by molar-refractivity contribution is -0.139. The van der Waals surface area contributed by atoms with Crippen molar-refractivity contribution in [3.8, 4) is 0 Å². The monoisotopic (exact) mass is 292 g/mol. The molecule has 2 atom stereocenters. The summed E-state index contributed by atoms with van der Waals surface area (Å²) >= 11 is 0. The summed E-state index contributed by atoms with van der Waals surface area (Å²) in [5, 5.41) is 14.6. The van der Waals surface area contributed by atoms with Gasteiger partial charge in [-0.2, -0.15) is 0 Å². The zero-order chi connectivity index (χ0) is 15.3. The maximum atomic E-state index is 12.1. The van der Waals surface area contributed by atoms with E-state index in [0.29, 0.717) is 18.8 Å². The molecule has 0 saturated carbocycles. The molecule has 0 aliphatic carbocycles. The van der Waals surface area contributed by atoms with Gasteiger partial charge in [0.15, 0.2) is 6.04 Å². The molecule has 1 saturated heterocycles. The first-order valence-corrected chi connectivity index (χ1v) is 6.94. The van der Waals surface area contributed by atoms with Crippen LogP contribution in [-0.4, -0.2) is 35.9 Å². The molecule has 2 amide bonds. The second kappa shape index (κ2) is 6.58. The van der Waals surface area contributed by atoms with Gasteiger partial charge in [-0.25, -0.2) is 9.59 Å². The van der Waals surface area contributed by atoms with Crippen LogP contribution < -0.4 is 10.6 Å². The normalized spacial score (nSPS) is 23.1. The minimum absolute atomic E-state index is 0.434. The Balaban J connectivity index is 2.00. The van der Waals surface area contributed by atoms with Gasteiger partial charge in [-0.05, 0) is 25.3 Å². The number of aliphatic carboxylic acids is 1. The van der Waals surface area contributed by atoms with Crippen molar-refractivity contribution in [1.29, 1.82) is 0 Å². The van der Waals surface area contributed by atoms with Gasteiger partial charge in [-0.3, -0.25) is 0 Å². The lowest BCUT2D eigenvalue weighted by Gasteiger charge is -2.34. The van der Waals surface area contributed by atoms with Crippen LogP contribution in [0.3, 0.4) is 0 Å². The summed E-state index contributed by atoms with van der Waals surface area (Å²) < 4.78 is 5.36. The first kappa shape index (κ1) is 15.3. The first-order chi connectivity index (χ1) is 10.0. The quantitative estimate of drug-likeness (QED) is 0.788. The maximum absolute atomic E-state index is 12.1. The smallest absolute Gasteiger partial charge is 0.330 e. The minimum atomic E-state index is -1.10. The molecule has 21 heavy (non-hydrogen) atoms. The summed E-state index contributed by atoms with van der Waals surface area (Å²) in [5.41, 5.74) is 0.0763. The van der Waals surface area contributed by atoms with E-state index < -0.39 is 23.6 Å². The molecule has 0 radical (unpaired) electrons. The third-order valence-electron chi connectivity index (χ3n) is 3.51. The van der Waals surface area contributed by atoms with E-state index in [0.717, 1.165) is 12.8 Å². The lowest BCUT2D eigenvalue weighted by Crippen LogP contribution is -2.55. The van der Waals surface area contributed by atoms with E-state index in [2.05, 4.69) is 10.6 Å². The number of amides is 2. The highest BCUT2D eigenvalue weighted by atomic mass is 16.5. The number of urea groups is 1. The van der Waals surface area contributed by atoms with Gasteiger partial charge in [0.1, 0.15) is 0 Å². The van der Waals surface area contributed by atoms with Crippen LogP contribution in [-0.2, 0) is 9.53 Å². The Labute approximate surface area is 123 Å². The van der Waals surface area contributed by atoms with E-state index in [1.165, 1.54) is 0 Å². The first-order valence-electron chi connectivity index (χ1n) is 6.94. The lowest BCUT2D eigenvalue weighted by atomic mass is 9.95. The van der Waals surface area contributed by atoms with E-state index in [4.69, 9.17) is 4.74 Å². The maximum Gasteiger partial charge on any atom is 0.330 e. The average molecular weight is 292 g/mol. The highest BCUT2D eigenvalue weighted by molar-refractivity contribution is 5.84. The minimum Gasteiger partial charge on any atom is -0.479 e. The molecule has 6 nitrogen and oxygen atoms in total. The Bertz CT molecular complexity index is 498. The number of nitrogens with one attached hydrogen (secondary N) is 2. The molecular weight excluding hydrogens is 272 g/mol. The number of hydrogen-bond acceptors (Lipinski definition) is 3. The summed E-state index contributed by atoms with van der Waals surface area (Å²) in [6, 6.07) is 7.04. The number of carboxylic acid groups (broad SMARTS) is 1. The fraction of sp³-hybridized carbons (Fsp3) is 0.467. The van der Waals surface area contributed by atoms with Crippen molar-refractivity contribution in [1.82, 2.24) is 10.6 Å². The van der Waals surface area contributed by atoms with Crippen LogP contribution in [0.1, 0.15) is 31.4 Å². The molecule has 1 fully saturated rings. The standard InChI is InChI=1S/C15H20N2O4/c1-15(8-5-9-21-10-15)17-14(20)16-12(13(18)19)11-6-3-2-4-7-11/h2-4,6-7,12H,5,8-10H2,1H3,(H,18,19)(H2,16,17,20)/t12-,15?/m0/s1. The molecule has 1 aromatic rings. The number of ether oxygens (including phenoxy) is 1. The summed E-state index contributed by atoms with van der Waals surface area (Å²) in [5.74, 6) is -1.10. The second-order valence-electron chi connectivity index (χ2n) is 5.50. The third-order valence-corrected chi connectivity index (χ3v) is 3.51. The Morgan fingerprint density at radius 2 is 2.05 bits per heavy atom. The summed E-state index contributed by atoms with van der Waals surface area (Å²) in [7, 11) is 0. The van der Waals surface area contributed by atoms with E-state index in [1.54, 1.807) is 30.3 Å². The van der Waals surface area contributed by atoms with Gasteiger partial charge >= 0.3 is 12.0 Å². The molecule has 1 aliphatic rings. The molecule has 0 bridgehead atoms. The van der Waals surface area contributed by atoms with Crippen molar-refractivity contribution in [3.05, 3.63) is 35.9 Å². The third kappa shape index (κ3) is 4.19. The van der Waals surface area contributed by atoms with Gasteiger partial charge in [0, 0.05) is 6.61 Å². The van der Waals surface area contributed by atoms with Crippen LogP contribution in [0.25, 0.3) is 0 Å². The second-order valence-corrected chi connectivity index (χ2v) is 5.50. The number of carbonyl (C=O) groups is 2. The highest BCUT2D eigenvalue weighted by Gasteiger charge is 2.31. The zero-order valence-corrected chi connectivity index (χ0v) is 12.0. The Morgan fingerprint density at radius 3 is 2.62 bits per heavy atom. The molecular formula is C15H20N2O4. The molecule has 0 spiro atoms. The summed E-state index contributed by atoms with van der Waals surface area (Å²) in [6.07, 6.45) is 1.68. The molecule has 1 heterocycles. The number of carboxylic acids is 1. The number of benzene rings is 1. The van der Waals surface area contributed by atoms with Crippen LogP contribution in [0, 0.1) is 0 Å². The van der Waals surface area contributed by atoms with Gasteiger partial charge in [-0.1, -0.05) is 30.3 Å². The summed E-state index contributed by atoms with van der Waals surface area (Å²) in [4.78, 5) is 23.4. The molecule has 1 aliphatic heterocycles. The molecule has 1 unspecified atom stereocenters. The Kier molecular flexibility index (Phi) is 4.80. The summed E-state index contributed by atoms with van der Waals surface area (Å²) in [6.45, 7) is 3.02. The average Bonchev–Trinajstić information content (AvgIpc) is 2.45. The van der Waals surface area contributed by atoms with E-state index in [-0.39, 0.29) is 0 Å². The highest BCUT2D eigenvalue weighted by Crippen LogP contribution is 2.19. The Hall–Kier alpha value is -2.08. The topological polar surface area (TPSA) is 87.7 Å². The van der Waals surface area contributed by atoms with Gasteiger partial charge < -0.3 is 20.5 Å². The molecule has 0 aromatic heterocycles.